The summed E-state index contributed by atoms with van der Waals surface area (Å²) in [4.78, 5) is 20.6. The van der Waals surface area contributed by atoms with Crippen LogP contribution in [0.3, 0.4) is 0 Å². The molecule has 0 bridgehead atoms. The maximum absolute atomic E-state index is 6.26. The molecule has 39 heavy (non-hydrogen) atoms. The Morgan fingerprint density at radius 1 is 1.05 bits per heavy atom. The van der Waals surface area contributed by atoms with Gasteiger partial charge in [0.05, 0.1) is 17.6 Å². The molecule has 0 spiro atoms. The average Bonchev–Trinajstić information content (AvgIpc) is 3.16. The molecule has 0 fully saturated rings. The quantitative estimate of drug-likeness (QED) is 0.289. The van der Waals surface area contributed by atoms with Crippen LogP contribution < -0.4 is 9.64 Å². The van der Waals surface area contributed by atoms with Gasteiger partial charge < -0.3 is 19.4 Å². The third-order valence-corrected chi connectivity index (χ3v) is 8.08. The molecule has 2 aromatic heterocycles. The number of benzene rings is 2. The van der Waals surface area contributed by atoms with Crippen molar-refractivity contribution in [3.63, 3.8) is 0 Å². The Bertz CT molecular complexity index is 1490. The van der Waals surface area contributed by atoms with Gasteiger partial charge >= 0.3 is 0 Å². The fourth-order valence-corrected chi connectivity index (χ4v) is 5.95. The van der Waals surface area contributed by atoms with Crippen molar-refractivity contribution >= 4 is 16.9 Å². The van der Waals surface area contributed by atoms with Gasteiger partial charge in [-0.25, -0.2) is 15.0 Å². The molecule has 0 saturated carbocycles. The SMILES string of the molecule is COCCCCc1nc2c(c(N3CCOc4ccc(-c5ccc6nc(C)[nH]c6c5)cc4C3)n1)CC(C)(C)CC2. The highest BCUT2D eigenvalue weighted by atomic mass is 16.5. The second-order valence-corrected chi connectivity index (χ2v) is 11.8. The van der Waals surface area contributed by atoms with Crippen LogP contribution in [0, 0.1) is 12.3 Å². The van der Waals surface area contributed by atoms with E-state index in [4.69, 9.17) is 19.4 Å². The van der Waals surface area contributed by atoms with Crippen molar-refractivity contribution < 1.29 is 9.47 Å². The van der Waals surface area contributed by atoms with Gasteiger partial charge in [-0.2, -0.15) is 0 Å². The normalized spacial score (nSPS) is 16.5. The molecule has 7 nitrogen and oxygen atoms in total. The molecule has 1 aliphatic carbocycles. The molecular weight excluding hydrogens is 486 g/mol. The van der Waals surface area contributed by atoms with Crippen molar-refractivity contribution in [1.29, 1.82) is 0 Å². The highest BCUT2D eigenvalue weighted by Gasteiger charge is 2.31. The Labute approximate surface area is 231 Å². The number of imidazole rings is 1. The molecule has 7 heteroatoms. The minimum absolute atomic E-state index is 0.252. The summed E-state index contributed by atoms with van der Waals surface area (Å²) >= 11 is 0. The van der Waals surface area contributed by atoms with E-state index in [1.807, 2.05) is 6.92 Å². The van der Waals surface area contributed by atoms with Gasteiger partial charge in [-0.05, 0) is 79.8 Å². The van der Waals surface area contributed by atoms with Crippen LogP contribution in [0.1, 0.15) is 61.6 Å². The Hall–Kier alpha value is -3.45. The number of unbranched alkanes of at least 4 members (excludes halogenated alkanes) is 1. The summed E-state index contributed by atoms with van der Waals surface area (Å²) in [6.07, 6.45) is 6.13. The van der Waals surface area contributed by atoms with E-state index in [0.29, 0.717) is 6.61 Å². The summed E-state index contributed by atoms with van der Waals surface area (Å²) in [5, 5.41) is 0. The van der Waals surface area contributed by atoms with Crippen LogP contribution in [0.5, 0.6) is 5.75 Å². The molecular formula is C32H39N5O2. The largest absolute Gasteiger partial charge is 0.491 e. The van der Waals surface area contributed by atoms with E-state index in [1.165, 1.54) is 27.9 Å². The summed E-state index contributed by atoms with van der Waals surface area (Å²) in [7, 11) is 1.76. The second kappa shape index (κ2) is 10.6. The van der Waals surface area contributed by atoms with Crippen molar-refractivity contribution in [3.05, 3.63) is 64.9 Å². The number of hydrogen-bond acceptors (Lipinski definition) is 6. The summed E-state index contributed by atoms with van der Waals surface area (Å²) in [5.74, 6) is 3.96. The lowest BCUT2D eigenvalue weighted by Crippen LogP contribution is -2.32. The third kappa shape index (κ3) is 5.50. The lowest BCUT2D eigenvalue weighted by Gasteiger charge is -2.34. The number of rotatable bonds is 7. The molecule has 0 atom stereocenters. The number of methoxy groups -OCH3 is 1. The van der Waals surface area contributed by atoms with Gasteiger partial charge in [-0.15, -0.1) is 0 Å². The topological polar surface area (TPSA) is 76.2 Å². The number of anilines is 1. The van der Waals surface area contributed by atoms with Gasteiger partial charge in [0.2, 0.25) is 0 Å². The number of fused-ring (bicyclic) bond motifs is 3. The Kier molecular flexibility index (Phi) is 7.02. The Balaban J connectivity index is 1.34. The molecule has 3 heterocycles. The fourth-order valence-electron chi connectivity index (χ4n) is 5.95. The summed E-state index contributed by atoms with van der Waals surface area (Å²) in [6.45, 7) is 9.70. The molecule has 2 aliphatic rings. The van der Waals surface area contributed by atoms with Gasteiger partial charge in [0, 0.05) is 43.5 Å². The zero-order valence-corrected chi connectivity index (χ0v) is 23.6. The predicted octanol–water partition coefficient (Wildman–Crippen LogP) is 6.21. The number of nitrogens with zero attached hydrogens (tertiary/aromatic N) is 4. The number of hydrogen-bond donors (Lipinski definition) is 1. The second-order valence-electron chi connectivity index (χ2n) is 11.8. The van der Waals surface area contributed by atoms with Crippen molar-refractivity contribution in [1.82, 2.24) is 19.9 Å². The van der Waals surface area contributed by atoms with Crippen LogP contribution >= 0.6 is 0 Å². The lowest BCUT2D eigenvalue weighted by molar-refractivity contribution is 0.192. The van der Waals surface area contributed by atoms with Gasteiger partial charge in [0.25, 0.3) is 0 Å². The Morgan fingerprint density at radius 2 is 1.90 bits per heavy atom. The van der Waals surface area contributed by atoms with E-state index in [2.05, 4.69) is 65.1 Å². The molecule has 1 aliphatic heterocycles. The molecule has 204 valence electrons. The number of nitrogens with one attached hydrogen (secondary N) is 1. The van der Waals surface area contributed by atoms with Crippen molar-refractivity contribution in [2.24, 2.45) is 5.41 Å². The molecule has 0 amide bonds. The predicted molar refractivity (Wildman–Crippen MR) is 155 cm³/mol. The third-order valence-electron chi connectivity index (χ3n) is 8.08. The molecule has 1 N–H and O–H groups in total. The van der Waals surface area contributed by atoms with Gasteiger partial charge in [-0.1, -0.05) is 26.0 Å². The van der Waals surface area contributed by atoms with E-state index in [-0.39, 0.29) is 5.41 Å². The monoisotopic (exact) mass is 525 g/mol. The average molecular weight is 526 g/mol. The number of aromatic nitrogens is 4. The zero-order valence-electron chi connectivity index (χ0n) is 23.6. The van der Waals surface area contributed by atoms with Crippen molar-refractivity contribution in [3.8, 4) is 16.9 Å². The highest BCUT2D eigenvalue weighted by Crippen LogP contribution is 2.39. The van der Waals surface area contributed by atoms with E-state index in [1.54, 1.807) is 7.11 Å². The van der Waals surface area contributed by atoms with Gasteiger partial charge in [-0.3, -0.25) is 0 Å². The van der Waals surface area contributed by atoms with E-state index in [9.17, 15) is 0 Å². The first-order valence-electron chi connectivity index (χ1n) is 14.2. The van der Waals surface area contributed by atoms with E-state index in [0.717, 1.165) is 92.5 Å². The zero-order chi connectivity index (χ0) is 27.0. The maximum atomic E-state index is 6.26. The minimum atomic E-state index is 0.252. The first-order chi connectivity index (χ1) is 18.9. The summed E-state index contributed by atoms with van der Waals surface area (Å²) < 4.78 is 11.5. The van der Waals surface area contributed by atoms with Crippen LogP contribution in [0.15, 0.2) is 36.4 Å². The molecule has 2 aromatic carbocycles. The molecule has 4 aromatic rings. The lowest BCUT2D eigenvalue weighted by atomic mass is 9.76. The van der Waals surface area contributed by atoms with Crippen molar-refractivity contribution in [2.45, 2.75) is 65.8 Å². The minimum Gasteiger partial charge on any atom is -0.491 e. The Morgan fingerprint density at radius 3 is 2.77 bits per heavy atom. The van der Waals surface area contributed by atoms with Gasteiger partial charge in [0.1, 0.15) is 29.8 Å². The van der Waals surface area contributed by atoms with Crippen LogP contribution in [-0.4, -0.2) is 46.8 Å². The standard InChI is InChI=1S/C32H39N5O2/c1-21-33-27-10-8-23(18-28(27)34-21)22-9-11-29-24(17-22)20-37(14-16-39-29)31-25-19-32(2,3)13-12-26(25)35-30(36-31)7-5-6-15-38-4/h8-11,17-18H,5-7,12-16,19-20H2,1-4H3,(H,33,34). The fraction of sp³-hybridized carbons (Fsp3) is 0.469. The van der Waals surface area contributed by atoms with Crippen LogP contribution in [0.25, 0.3) is 22.2 Å². The van der Waals surface area contributed by atoms with Gasteiger partial charge in [0.15, 0.2) is 0 Å². The van der Waals surface area contributed by atoms with E-state index < -0.39 is 0 Å². The first kappa shape index (κ1) is 25.8. The molecule has 0 saturated heterocycles. The summed E-state index contributed by atoms with van der Waals surface area (Å²) in [6, 6.07) is 13.0. The number of aryl methyl sites for hydroxylation is 3. The summed E-state index contributed by atoms with van der Waals surface area (Å²) in [5.41, 5.74) is 8.41. The first-order valence-corrected chi connectivity index (χ1v) is 14.2. The number of ether oxygens (including phenoxy) is 2. The smallest absolute Gasteiger partial charge is 0.136 e. The number of aromatic amines is 1. The molecule has 0 radical (unpaired) electrons. The maximum Gasteiger partial charge on any atom is 0.136 e. The van der Waals surface area contributed by atoms with E-state index >= 15 is 0 Å². The van der Waals surface area contributed by atoms with Crippen LogP contribution in [0.2, 0.25) is 0 Å². The highest BCUT2D eigenvalue weighted by molar-refractivity contribution is 5.82. The molecule has 6 rings (SSSR count). The van der Waals surface area contributed by atoms with Crippen molar-refractivity contribution in [2.75, 3.05) is 31.8 Å². The molecule has 0 unspecified atom stereocenters. The van der Waals surface area contributed by atoms with Crippen LogP contribution in [0.4, 0.5) is 5.82 Å². The number of H-pyrrole nitrogens is 1. The van der Waals surface area contributed by atoms with Crippen LogP contribution in [-0.2, 0) is 30.5 Å².